The largest absolute Gasteiger partial charge is 0.451 e. The lowest BCUT2D eigenvalue weighted by Crippen LogP contribution is -2.48. The first-order valence-electron chi connectivity index (χ1n) is 7.58. The lowest BCUT2D eigenvalue weighted by atomic mass is 10.1. The molecule has 0 radical (unpaired) electrons. The molecule has 0 aromatic heterocycles. The molecule has 2 atom stereocenters. The minimum atomic E-state index is -0.941. The van der Waals surface area contributed by atoms with Crippen LogP contribution in [0.2, 0.25) is 0 Å². The minimum absolute atomic E-state index is 0.387. The summed E-state index contributed by atoms with van der Waals surface area (Å²) in [5.41, 5.74) is 0.00970. The number of hydrogen-bond acceptors (Lipinski definition) is 4. The van der Waals surface area contributed by atoms with Crippen LogP contribution in [0.5, 0.6) is 0 Å². The van der Waals surface area contributed by atoms with Crippen LogP contribution in [0.15, 0.2) is 28.7 Å². The lowest BCUT2D eigenvalue weighted by molar-refractivity contribution is -0.156. The maximum absolute atomic E-state index is 12.1. The van der Waals surface area contributed by atoms with Crippen molar-refractivity contribution in [2.75, 3.05) is 0 Å². The van der Waals surface area contributed by atoms with Crippen LogP contribution in [-0.2, 0) is 14.3 Å². The van der Waals surface area contributed by atoms with Crippen molar-refractivity contribution in [3.63, 3.8) is 0 Å². The number of hydrogen-bond donors (Lipinski definition) is 2. The Morgan fingerprint density at radius 1 is 1.08 bits per heavy atom. The highest BCUT2D eigenvalue weighted by Crippen LogP contribution is 2.10. The normalized spacial score (nSPS) is 13.6. The van der Waals surface area contributed by atoms with Gasteiger partial charge < -0.3 is 15.4 Å². The molecule has 7 heteroatoms. The van der Waals surface area contributed by atoms with E-state index in [-0.39, 0.29) is 5.91 Å². The Bertz CT molecular complexity index is 608. The van der Waals surface area contributed by atoms with E-state index >= 15 is 0 Å². The van der Waals surface area contributed by atoms with E-state index in [4.69, 9.17) is 4.74 Å². The molecule has 2 N–H and O–H groups in total. The number of esters is 1. The van der Waals surface area contributed by atoms with Gasteiger partial charge in [0.25, 0.3) is 11.8 Å². The SMILES string of the molecule is C[C@H](NC(=O)c1ccc(Br)cc1)C(=O)O[C@H](C)C(=O)NC(C)(C)C. The summed E-state index contributed by atoms with van der Waals surface area (Å²) in [4.78, 5) is 36.0. The molecule has 0 bridgehead atoms. The van der Waals surface area contributed by atoms with Gasteiger partial charge in [-0.25, -0.2) is 4.79 Å². The number of nitrogens with one attached hydrogen (secondary N) is 2. The predicted octanol–water partition coefficient (Wildman–Crippen LogP) is 2.41. The maximum atomic E-state index is 12.1. The molecule has 6 nitrogen and oxygen atoms in total. The summed E-state index contributed by atoms with van der Waals surface area (Å²) < 4.78 is 5.95. The van der Waals surface area contributed by atoms with Gasteiger partial charge in [0.05, 0.1) is 0 Å². The molecular formula is C17H23BrN2O4. The van der Waals surface area contributed by atoms with Gasteiger partial charge in [0, 0.05) is 15.6 Å². The standard InChI is InChI=1S/C17H23BrN2O4/c1-10(19-15(22)12-6-8-13(18)9-7-12)16(23)24-11(2)14(21)20-17(3,4)5/h6-11H,1-5H3,(H,19,22)(H,20,21)/t10-,11+/m0/s1. The Morgan fingerprint density at radius 3 is 2.12 bits per heavy atom. The summed E-state index contributed by atoms with van der Waals surface area (Å²) in [6.45, 7) is 8.50. The van der Waals surface area contributed by atoms with E-state index in [1.807, 2.05) is 20.8 Å². The van der Waals surface area contributed by atoms with Gasteiger partial charge in [-0.05, 0) is 58.9 Å². The van der Waals surface area contributed by atoms with Gasteiger partial charge in [0.15, 0.2) is 6.10 Å². The first-order chi connectivity index (χ1) is 11.0. The molecule has 0 saturated carbocycles. The Morgan fingerprint density at radius 2 is 1.62 bits per heavy atom. The molecular weight excluding hydrogens is 376 g/mol. The topological polar surface area (TPSA) is 84.5 Å². The predicted molar refractivity (Wildman–Crippen MR) is 94.5 cm³/mol. The van der Waals surface area contributed by atoms with Gasteiger partial charge in [-0.2, -0.15) is 0 Å². The van der Waals surface area contributed by atoms with Crippen LogP contribution in [-0.4, -0.2) is 35.5 Å². The average molecular weight is 399 g/mol. The lowest BCUT2D eigenvalue weighted by Gasteiger charge is -2.24. The Balaban J connectivity index is 2.56. The van der Waals surface area contributed by atoms with Crippen molar-refractivity contribution in [2.45, 2.75) is 52.3 Å². The zero-order chi connectivity index (χ0) is 18.5. The van der Waals surface area contributed by atoms with E-state index in [0.29, 0.717) is 5.56 Å². The van der Waals surface area contributed by atoms with Crippen molar-refractivity contribution >= 4 is 33.7 Å². The van der Waals surface area contributed by atoms with E-state index in [1.54, 1.807) is 24.3 Å². The zero-order valence-corrected chi connectivity index (χ0v) is 16.1. The third-order valence-electron chi connectivity index (χ3n) is 2.97. The summed E-state index contributed by atoms with van der Waals surface area (Å²) in [5.74, 6) is -1.45. The van der Waals surface area contributed by atoms with E-state index in [2.05, 4.69) is 26.6 Å². The van der Waals surface area contributed by atoms with Crippen LogP contribution < -0.4 is 10.6 Å². The van der Waals surface area contributed by atoms with Crippen molar-refractivity contribution in [3.05, 3.63) is 34.3 Å². The fraction of sp³-hybridized carbons (Fsp3) is 0.471. The summed E-state index contributed by atoms with van der Waals surface area (Å²) in [7, 11) is 0. The second kappa shape index (κ2) is 8.28. The number of amides is 2. The summed E-state index contributed by atoms with van der Waals surface area (Å²) in [6.07, 6.45) is -0.941. The molecule has 24 heavy (non-hydrogen) atoms. The molecule has 0 aliphatic heterocycles. The van der Waals surface area contributed by atoms with Crippen LogP contribution in [0.1, 0.15) is 45.0 Å². The number of benzene rings is 1. The molecule has 0 aliphatic carbocycles. The molecule has 0 heterocycles. The highest BCUT2D eigenvalue weighted by molar-refractivity contribution is 9.10. The minimum Gasteiger partial charge on any atom is -0.451 e. The summed E-state index contributed by atoms with van der Waals surface area (Å²) in [6, 6.07) is 5.87. The zero-order valence-electron chi connectivity index (χ0n) is 14.5. The van der Waals surface area contributed by atoms with Crippen LogP contribution in [0, 0.1) is 0 Å². The number of rotatable bonds is 5. The van der Waals surface area contributed by atoms with Crippen LogP contribution in [0.4, 0.5) is 0 Å². The first-order valence-corrected chi connectivity index (χ1v) is 8.38. The third-order valence-corrected chi connectivity index (χ3v) is 3.50. The Labute approximate surface area is 150 Å². The number of carbonyl (C=O) groups is 3. The van der Waals surface area contributed by atoms with Crippen molar-refractivity contribution in [3.8, 4) is 0 Å². The summed E-state index contributed by atoms with van der Waals surface area (Å²) >= 11 is 3.29. The van der Waals surface area contributed by atoms with Gasteiger partial charge in [-0.15, -0.1) is 0 Å². The smallest absolute Gasteiger partial charge is 0.329 e. The summed E-state index contributed by atoms with van der Waals surface area (Å²) in [5, 5.41) is 5.27. The van der Waals surface area contributed by atoms with Gasteiger partial charge in [-0.1, -0.05) is 15.9 Å². The van der Waals surface area contributed by atoms with E-state index in [1.165, 1.54) is 13.8 Å². The van der Waals surface area contributed by atoms with Gasteiger partial charge in [-0.3, -0.25) is 9.59 Å². The van der Waals surface area contributed by atoms with Crippen molar-refractivity contribution in [1.82, 2.24) is 10.6 Å². The van der Waals surface area contributed by atoms with Crippen molar-refractivity contribution in [2.24, 2.45) is 0 Å². The quantitative estimate of drug-likeness (QED) is 0.745. The van der Waals surface area contributed by atoms with Gasteiger partial charge in [0.2, 0.25) is 0 Å². The number of halogens is 1. The van der Waals surface area contributed by atoms with E-state index in [9.17, 15) is 14.4 Å². The van der Waals surface area contributed by atoms with E-state index in [0.717, 1.165) is 4.47 Å². The molecule has 0 aliphatic rings. The fourth-order valence-electron chi connectivity index (χ4n) is 1.74. The maximum Gasteiger partial charge on any atom is 0.329 e. The van der Waals surface area contributed by atoms with Gasteiger partial charge in [0.1, 0.15) is 6.04 Å². The second-order valence-corrected chi connectivity index (χ2v) is 7.44. The molecule has 0 spiro atoms. The third kappa shape index (κ3) is 6.70. The second-order valence-electron chi connectivity index (χ2n) is 6.52. The number of ether oxygens (including phenoxy) is 1. The van der Waals surface area contributed by atoms with Gasteiger partial charge >= 0.3 is 5.97 Å². The molecule has 1 rings (SSSR count). The monoisotopic (exact) mass is 398 g/mol. The fourth-order valence-corrected chi connectivity index (χ4v) is 2.01. The Kier molecular flexibility index (Phi) is 6.95. The first kappa shape index (κ1) is 20.2. The molecule has 132 valence electrons. The molecule has 0 unspecified atom stereocenters. The van der Waals surface area contributed by atoms with E-state index < -0.39 is 29.6 Å². The highest BCUT2D eigenvalue weighted by Gasteiger charge is 2.25. The molecule has 1 aromatic rings. The molecule has 0 saturated heterocycles. The van der Waals surface area contributed by atoms with Crippen LogP contribution in [0.25, 0.3) is 0 Å². The molecule has 1 aromatic carbocycles. The van der Waals surface area contributed by atoms with Crippen LogP contribution >= 0.6 is 15.9 Å². The molecule has 2 amide bonds. The van der Waals surface area contributed by atoms with Crippen molar-refractivity contribution < 1.29 is 19.1 Å². The van der Waals surface area contributed by atoms with Crippen LogP contribution in [0.3, 0.4) is 0 Å². The Hall–Kier alpha value is -1.89. The van der Waals surface area contributed by atoms with Crippen molar-refractivity contribution in [1.29, 1.82) is 0 Å². The highest BCUT2D eigenvalue weighted by atomic mass is 79.9. The number of carbonyl (C=O) groups excluding carboxylic acids is 3. The molecule has 0 fully saturated rings. The average Bonchev–Trinajstić information content (AvgIpc) is 2.45.